The van der Waals surface area contributed by atoms with Gasteiger partial charge in [-0.2, -0.15) is 0 Å². The monoisotopic (exact) mass is 327 g/mol. The van der Waals surface area contributed by atoms with Crippen molar-refractivity contribution in [3.63, 3.8) is 0 Å². The van der Waals surface area contributed by atoms with Crippen LogP contribution in [0.3, 0.4) is 0 Å². The lowest BCUT2D eigenvalue weighted by Gasteiger charge is -2.10. The Morgan fingerprint density at radius 3 is 2.30 bits per heavy atom. The van der Waals surface area contributed by atoms with E-state index in [4.69, 9.17) is 0 Å². The Morgan fingerprint density at radius 1 is 0.957 bits per heavy atom. The molecule has 0 radical (unpaired) electrons. The summed E-state index contributed by atoms with van der Waals surface area (Å²) >= 11 is 0. The third-order valence-electron chi connectivity index (χ3n) is 3.52. The third-order valence-corrected chi connectivity index (χ3v) is 4.63. The number of hydrogen-bond donors (Lipinski definition) is 1. The van der Waals surface area contributed by atoms with Crippen LogP contribution >= 0.6 is 0 Å². The summed E-state index contributed by atoms with van der Waals surface area (Å²) in [6.45, 7) is 4.05. The molecule has 2 aromatic carbocycles. The third kappa shape index (κ3) is 3.32. The number of nitrogens with one attached hydrogen (secondary N) is 1. The Hall–Kier alpha value is -2.47. The van der Waals surface area contributed by atoms with Gasteiger partial charge in [-0.15, -0.1) is 0 Å². The van der Waals surface area contributed by atoms with Crippen molar-refractivity contribution in [3.8, 4) is 0 Å². The molecule has 1 N–H and O–H groups in total. The first-order valence-electron chi connectivity index (χ1n) is 7.13. The summed E-state index contributed by atoms with van der Waals surface area (Å²) in [6, 6.07) is 11.0. The first-order valence-corrected chi connectivity index (χ1v) is 9.02. The summed E-state index contributed by atoms with van der Waals surface area (Å²) in [4.78, 5) is 8.72. The highest BCUT2D eigenvalue weighted by Crippen LogP contribution is 2.26. The van der Waals surface area contributed by atoms with E-state index >= 15 is 0 Å². The van der Waals surface area contributed by atoms with Crippen molar-refractivity contribution < 1.29 is 8.42 Å². The fourth-order valence-corrected chi connectivity index (χ4v) is 3.20. The van der Waals surface area contributed by atoms with E-state index in [2.05, 4.69) is 21.4 Å². The first kappa shape index (κ1) is 15.4. The van der Waals surface area contributed by atoms with E-state index < -0.39 is 9.84 Å². The Balaban J connectivity index is 2.13. The van der Waals surface area contributed by atoms with Gasteiger partial charge in [0.1, 0.15) is 12.1 Å². The molecule has 0 saturated heterocycles. The van der Waals surface area contributed by atoms with E-state index in [9.17, 15) is 8.42 Å². The highest BCUT2D eigenvalue weighted by atomic mass is 32.2. The summed E-state index contributed by atoms with van der Waals surface area (Å²) in [5, 5.41) is 3.94. The van der Waals surface area contributed by atoms with E-state index in [1.54, 1.807) is 18.2 Å². The van der Waals surface area contributed by atoms with Gasteiger partial charge >= 0.3 is 0 Å². The van der Waals surface area contributed by atoms with Gasteiger partial charge in [-0.3, -0.25) is 0 Å². The fourth-order valence-electron chi connectivity index (χ4n) is 2.55. The van der Waals surface area contributed by atoms with Gasteiger partial charge in [-0.1, -0.05) is 6.07 Å². The number of nitrogens with zero attached hydrogens (tertiary/aromatic N) is 2. The number of fused-ring (bicyclic) bond motifs is 1. The molecule has 0 spiro atoms. The molecule has 0 unspecified atom stereocenters. The molecule has 0 aliphatic carbocycles. The zero-order valence-electron chi connectivity index (χ0n) is 13.2. The van der Waals surface area contributed by atoms with Crippen LogP contribution in [0.4, 0.5) is 11.5 Å². The molecule has 0 atom stereocenters. The number of rotatable bonds is 3. The van der Waals surface area contributed by atoms with Gasteiger partial charge in [0.2, 0.25) is 0 Å². The van der Waals surface area contributed by atoms with Crippen molar-refractivity contribution >= 4 is 32.2 Å². The number of anilines is 2. The number of sulfone groups is 1. The van der Waals surface area contributed by atoms with Crippen LogP contribution in [0, 0.1) is 13.8 Å². The second kappa shape index (κ2) is 5.62. The topological polar surface area (TPSA) is 72.0 Å². The molecular weight excluding hydrogens is 310 g/mol. The van der Waals surface area contributed by atoms with Gasteiger partial charge in [0.15, 0.2) is 9.84 Å². The fraction of sp³-hybridized carbons (Fsp3) is 0.176. The van der Waals surface area contributed by atoms with Crippen molar-refractivity contribution in [2.75, 3.05) is 11.6 Å². The van der Waals surface area contributed by atoms with Crippen LogP contribution in [-0.2, 0) is 9.84 Å². The van der Waals surface area contributed by atoms with Crippen LogP contribution in [0.2, 0.25) is 0 Å². The van der Waals surface area contributed by atoms with Crippen LogP contribution in [-0.4, -0.2) is 24.6 Å². The summed E-state index contributed by atoms with van der Waals surface area (Å²) in [5.41, 5.74) is 3.89. The maximum Gasteiger partial charge on any atom is 0.175 e. The predicted octanol–water partition coefficient (Wildman–Crippen LogP) is 3.39. The highest BCUT2D eigenvalue weighted by Gasteiger charge is 2.11. The Bertz CT molecular complexity index is 978. The SMILES string of the molecule is Cc1cc(C)cc(Nc2ncnc3ccc(S(C)(=O)=O)cc23)c1. The molecule has 118 valence electrons. The molecular formula is C17H17N3O2S. The molecule has 0 aliphatic rings. The average Bonchev–Trinajstić information content (AvgIpc) is 2.45. The van der Waals surface area contributed by atoms with Gasteiger partial charge in [-0.25, -0.2) is 18.4 Å². The number of hydrogen-bond acceptors (Lipinski definition) is 5. The Morgan fingerprint density at radius 2 is 1.65 bits per heavy atom. The van der Waals surface area contributed by atoms with E-state index in [1.165, 1.54) is 12.6 Å². The number of aromatic nitrogens is 2. The molecule has 23 heavy (non-hydrogen) atoms. The second-order valence-electron chi connectivity index (χ2n) is 5.67. The van der Waals surface area contributed by atoms with Gasteiger partial charge in [0.25, 0.3) is 0 Å². The van der Waals surface area contributed by atoms with Gasteiger partial charge in [-0.05, 0) is 55.3 Å². The molecule has 1 aromatic heterocycles. The average molecular weight is 327 g/mol. The van der Waals surface area contributed by atoms with Gasteiger partial charge in [0.05, 0.1) is 10.4 Å². The van der Waals surface area contributed by atoms with E-state index in [0.717, 1.165) is 16.8 Å². The maximum absolute atomic E-state index is 11.8. The van der Waals surface area contributed by atoms with E-state index in [-0.39, 0.29) is 4.90 Å². The standard InChI is InChI=1S/C17H17N3O2S/c1-11-6-12(2)8-13(7-11)20-17-15-9-14(23(3,21)22)4-5-16(15)18-10-19-17/h4-10H,1-3H3,(H,18,19,20). The largest absolute Gasteiger partial charge is 0.340 e. The molecule has 6 heteroatoms. The van der Waals surface area contributed by atoms with Crippen molar-refractivity contribution in [2.24, 2.45) is 0 Å². The quantitative estimate of drug-likeness (QED) is 0.798. The van der Waals surface area contributed by atoms with Gasteiger partial charge in [0, 0.05) is 17.3 Å². The van der Waals surface area contributed by atoms with Crippen molar-refractivity contribution in [3.05, 3.63) is 53.9 Å². The molecule has 0 amide bonds. The van der Waals surface area contributed by atoms with Gasteiger partial charge < -0.3 is 5.32 Å². The minimum absolute atomic E-state index is 0.253. The summed E-state index contributed by atoms with van der Waals surface area (Å²) in [5.74, 6) is 0.588. The molecule has 0 aliphatic heterocycles. The lowest BCUT2D eigenvalue weighted by molar-refractivity contribution is 0.602. The second-order valence-corrected chi connectivity index (χ2v) is 7.69. The predicted molar refractivity (Wildman–Crippen MR) is 91.8 cm³/mol. The zero-order valence-corrected chi connectivity index (χ0v) is 14.0. The zero-order chi connectivity index (χ0) is 16.6. The number of aryl methyl sites for hydroxylation is 2. The molecule has 3 aromatic rings. The summed E-state index contributed by atoms with van der Waals surface area (Å²) < 4.78 is 23.5. The lowest BCUT2D eigenvalue weighted by Crippen LogP contribution is -2.00. The first-order chi connectivity index (χ1) is 10.8. The van der Waals surface area contributed by atoms with E-state index in [0.29, 0.717) is 16.7 Å². The molecule has 1 heterocycles. The minimum Gasteiger partial charge on any atom is -0.340 e. The van der Waals surface area contributed by atoms with Crippen molar-refractivity contribution in [1.29, 1.82) is 0 Å². The minimum atomic E-state index is -3.28. The smallest absolute Gasteiger partial charge is 0.175 e. The molecule has 0 saturated carbocycles. The Labute approximate surface area is 135 Å². The molecule has 0 bridgehead atoms. The van der Waals surface area contributed by atoms with Crippen LogP contribution in [0.5, 0.6) is 0 Å². The number of benzene rings is 2. The Kier molecular flexibility index (Phi) is 3.77. The van der Waals surface area contributed by atoms with Crippen LogP contribution in [0.1, 0.15) is 11.1 Å². The van der Waals surface area contributed by atoms with Crippen molar-refractivity contribution in [1.82, 2.24) is 9.97 Å². The molecule has 3 rings (SSSR count). The van der Waals surface area contributed by atoms with E-state index in [1.807, 2.05) is 26.0 Å². The highest BCUT2D eigenvalue weighted by molar-refractivity contribution is 7.90. The van der Waals surface area contributed by atoms with Crippen LogP contribution in [0.25, 0.3) is 10.9 Å². The molecule has 5 nitrogen and oxygen atoms in total. The maximum atomic E-state index is 11.8. The normalized spacial score (nSPS) is 11.6. The van der Waals surface area contributed by atoms with Crippen molar-refractivity contribution in [2.45, 2.75) is 18.7 Å². The van der Waals surface area contributed by atoms with Crippen LogP contribution in [0.15, 0.2) is 47.6 Å². The summed E-state index contributed by atoms with van der Waals surface area (Å²) in [7, 11) is -3.28. The summed E-state index contributed by atoms with van der Waals surface area (Å²) in [6.07, 6.45) is 2.66. The van der Waals surface area contributed by atoms with Crippen LogP contribution < -0.4 is 5.32 Å². The molecule has 0 fully saturated rings. The lowest BCUT2D eigenvalue weighted by atomic mass is 10.1.